The predicted molar refractivity (Wildman–Crippen MR) is 89.9 cm³/mol. The molecule has 0 spiro atoms. The molecule has 0 N–H and O–H groups in total. The van der Waals surface area contributed by atoms with Crippen LogP contribution in [-0.2, 0) is 6.42 Å². The average molecular weight is 417 g/mol. The number of hydrogen-bond donors (Lipinski definition) is 0. The molecular weight excluding hydrogens is 403 g/mol. The number of benzene rings is 2. The fourth-order valence-electron chi connectivity index (χ4n) is 2.55. The molecule has 0 saturated carbocycles. The van der Waals surface area contributed by atoms with Gasteiger partial charge in [-0.15, -0.1) is 11.6 Å². The van der Waals surface area contributed by atoms with Crippen LogP contribution in [0, 0.1) is 6.92 Å². The van der Waals surface area contributed by atoms with Gasteiger partial charge in [-0.1, -0.05) is 44.0 Å². The second-order valence-electron chi connectivity index (χ2n) is 4.90. The molecule has 0 bridgehead atoms. The molecule has 1 unspecified atom stereocenters. The van der Waals surface area contributed by atoms with Crippen LogP contribution in [0.2, 0.25) is 0 Å². The van der Waals surface area contributed by atoms with Crippen molar-refractivity contribution in [2.75, 3.05) is 6.61 Å². The Balaban J connectivity index is 2.11. The van der Waals surface area contributed by atoms with E-state index in [1.807, 2.05) is 12.1 Å². The third-order valence-corrected chi connectivity index (χ3v) is 5.42. The number of fused-ring (bicyclic) bond motifs is 1. The average Bonchev–Trinajstić information content (AvgIpc) is 2.88. The lowest BCUT2D eigenvalue weighted by atomic mass is 9.97. The molecule has 0 radical (unpaired) electrons. The highest BCUT2D eigenvalue weighted by molar-refractivity contribution is 9.10. The molecule has 0 fully saturated rings. The van der Waals surface area contributed by atoms with Crippen molar-refractivity contribution in [3.63, 3.8) is 0 Å². The molecule has 104 valence electrons. The Kier molecular flexibility index (Phi) is 4.11. The fraction of sp³-hybridized carbons (Fsp3) is 0.250. The van der Waals surface area contributed by atoms with Crippen LogP contribution >= 0.6 is 43.5 Å². The highest BCUT2D eigenvalue weighted by Crippen LogP contribution is 2.43. The summed E-state index contributed by atoms with van der Waals surface area (Å²) in [5.74, 6) is 0.951. The van der Waals surface area contributed by atoms with Crippen LogP contribution in [0.1, 0.15) is 27.6 Å². The highest BCUT2D eigenvalue weighted by atomic mass is 79.9. The Bertz CT molecular complexity index is 670. The monoisotopic (exact) mass is 414 g/mol. The van der Waals surface area contributed by atoms with E-state index in [0.717, 1.165) is 38.8 Å². The van der Waals surface area contributed by atoms with E-state index in [2.05, 4.69) is 57.0 Å². The van der Waals surface area contributed by atoms with E-state index < -0.39 is 0 Å². The lowest BCUT2D eigenvalue weighted by Crippen LogP contribution is -2.00. The van der Waals surface area contributed by atoms with Crippen LogP contribution < -0.4 is 4.74 Å². The van der Waals surface area contributed by atoms with E-state index in [4.69, 9.17) is 16.3 Å². The Labute approximate surface area is 140 Å². The van der Waals surface area contributed by atoms with E-state index in [1.165, 1.54) is 11.1 Å². The molecule has 0 aliphatic carbocycles. The Morgan fingerprint density at radius 1 is 1.20 bits per heavy atom. The Morgan fingerprint density at radius 3 is 2.80 bits per heavy atom. The molecule has 3 rings (SSSR count). The summed E-state index contributed by atoms with van der Waals surface area (Å²) in [7, 11) is 0. The molecular formula is C16H13Br2ClO. The molecule has 1 atom stereocenters. The van der Waals surface area contributed by atoms with Gasteiger partial charge in [-0.05, 0) is 41.8 Å². The maximum absolute atomic E-state index is 6.74. The molecule has 1 heterocycles. The summed E-state index contributed by atoms with van der Waals surface area (Å²) >= 11 is 13.9. The van der Waals surface area contributed by atoms with Crippen molar-refractivity contribution >= 4 is 43.5 Å². The van der Waals surface area contributed by atoms with Crippen molar-refractivity contribution in [1.29, 1.82) is 0 Å². The molecule has 1 aliphatic heterocycles. The lowest BCUT2D eigenvalue weighted by molar-refractivity contribution is 0.353. The number of alkyl halides is 1. The maximum atomic E-state index is 6.74. The minimum absolute atomic E-state index is 0.211. The third-order valence-electron chi connectivity index (χ3n) is 3.63. The largest absolute Gasteiger partial charge is 0.493 e. The number of hydrogen-bond acceptors (Lipinski definition) is 1. The van der Waals surface area contributed by atoms with Crippen LogP contribution in [-0.4, -0.2) is 6.61 Å². The van der Waals surface area contributed by atoms with E-state index in [1.54, 1.807) is 0 Å². The van der Waals surface area contributed by atoms with Gasteiger partial charge in [-0.25, -0.2) is 0 Å². The fourth-order valence-corrected chi connectivity index (χ4v) is 3.86. The first-order valence-electron chi connectivity index (χ1n) is 6.42. The van der Waals surface area contributed by atoms with E-state index in [-0.39, 0.29) is 5.38 Å². The second-order valence-corrected chi connectivity index (χ2v) is 7.10. The van der Waals surface area contributed by atoms with Crippen LogP contribution in [0.4, 0.5) is 0 Å². The first-order chi connectivity index (χ1) is 9.58. The number of rotatable bonds is 2. The lowest BCUT2D eigenvalue weighted by Gasteiger charge is -2.17. The number of halogens is 3. The van der Waals surface area contributed by atoms with Crippen LogP contribution in [0.3, 0.4) is 0 Å². The topological polar surface area (TPSA) is 9.23 Å². The van der Waals surface area contributed by atoms with Gasteiger partial charge in [0.2, 0.25) is 0 Å². The van der Waals surface area contributed by atoms with Gasteiger partial charge in [0.1, 0.15) is 5.75 Å². The van der Waals surface area contributed by atoms with Gasteiger partial charge in [0.05, 0.1) is 12.0 Å². The molecule has 20 heavy (non-hydrogen) atoms. The molecule has 1 aliphatic rings. The highest BCUT2D eigenvalue weighted by Gasteiger charge is 2.24. The standard InChI is InChI=1S/C16H13Br2ClO/c1-9-12(3-2-4-14(9)18)15(19)13-8-11(17)7-10-5-6-20-16(10)13/h2-4,7-8,15H,5-6H2,1H3. The van der Waals surface area contributed by atoms with Gasteiger partial charge < -0.3 is 4.74 Å². The normalized spacial score (nSPS) is 14.8. The van der Waals surface area contributed by atoms with Crippen LogP contribution in [0.15, 0.2) is 39.3 Å². The van der Waals surface area contributed by atoms with Gasteiger partial charge in [-0.3, -0.25) is 0 Å². The van der Waals surface area contributed by atoms with Gasteiger partial charge in [0.15, 0.2) is 0 Å². The molecule has 0 saturated heterocycles. The van der Waals surface area contributed by atoms with Crippen LogP contribution in [0.25, 0.3) is 0 Å². The summed E-state index contributed by atoms with van der Waals surface area (Å²) < 4.78 is 7.91. The van der Waals surface area contributed by atoms with Crippen LogP contribution in [0.5, 0.6) is 5.75 Å². The van der Waals surface area contributed by atoms with E-state index in [9.17, 15) is 0 Å². The van der Waals surface area contributed by atoms with Crippen molar-refractivity contribution in [2.24, 2.45) is 0 Å². The Hall–Kier alpha value is -0.510. The predicted octanol–water partition coefficient (Wildman–Crippen LogP) is 5.78. The molecule has 0 amide bonds. The van der Waals surface area contributed by atoms with Crippen molar-refractivity contribution in [2.45, 2.75) is 18.7 Å². The maximum Gasteiger partial charge on any atom is 0.127 e. The number of ether oxygens (including phenoxy) is 1. The molecule has 2 aromatic carbocycles. The summed E-state index contributed by atoms with van der Waals surface area (Å²) in [5, 5.41) is -0.211. The van der Waals surface area contributed by atoms with E-state index in [0.29, 0.717) is 0 Å². The SMILES string of the molecule is Cc1c(Br)cccc1C(Cl)c1cc(Br)cc2c1OCC2. The van der Waals surface area contributed by atoms with Crippen molar-refractivity contribution in [3.05, 3.63) is 61.5 Å². The molecule has 1 nitrogen and oxygen atoms in total. The first kappa shape index (κ1) is 14.4. The summed E-state index contributed by atoms with van der Waals surface area (Å²) in [6.07, 6.45) is 0.947. The second kappa shape index (κ2) is 5.70. The van der Waals surface area contributed by atoms with Gasteiger partial charge in [0.25, 0.3) is 0 Å². The minimum atomic E-state index is -0.211. The van der Waals surface area contributed by atoms with Crippen molar-refractivity contribution < 1.29 is 4.74 Å². The zero-order chi connectivity index (χ0) is 14.3. The third kappa shape index (κ3) is 2.51. The van der Waals surface area contributed by atoms with Crippen molar-refractivity contribution in [3.8, 4) is 5.75 Å². The Morgan fingerprint density at radius 2 is 2.00 bits per heavy atom. The summed E-state index contributed by atoms with van der Waals surface area (Å²) in [4.78, 5) is 0. The zero-order valence-corrected chi connectivity index (χ0v) is 14.8. The smallest absolute Gasteiger partial charge is 0.127 e. The van der Waals surface area contributed by atoms with E-state index >= 15 is 0 Å². The quantitative estimate of drug-likeness (QED) is 0.564. The summed E-state index contributed by atoms with van der Waals surface area (Å²) in [5.41, 5.74) is 4.54. The molecule has 4 heteroatoms. The minimum Gasteiger partial charge on any atom is -0.493 e. The molecule has 2 aromatic rings. The molecule has 0 aromatic heterocycles. The summed E-state index contributed by atoms with van der Waals surface area (Å²) in [6, 6.07) is 10.3. The van der Waals surface area contributed by atoms with Gasteiger partial charge in [0, 0.05) is 20.9 Å². The van der Waals surface area contributed by atoms with Gasteiger partial charge >= 0.3 is 0 Å². The van der Waals surface area contributed by atoms with Gasteiger partial charge in [-0.2, -0.15) is 0 Å². The van der Waals surface area contributed by atoms with Crippen molar-refractivity contribution in [1.82, 2.24) is 0 Å². The zero-order valence-electron chi connectivity index (χ0n) is 10.9. The first-order valence-corrected chi connectivity index (χ1v) is 8.44. The summed E-state index contributed by atoms with van der Waals surface area (Å²) in [6.45, 7) is 2.81.